The van der Waals surface area contributed by atoms with Crippen molar-refractivity contribution in [3.63, 3.8) is 0 Å². The van der Waals surface area contributed by atoms with E-state index in [0.717, 1.165) is 9.80 Å². The summed E-state index contributed by atoms with van der Waals surface area (Å²) in [5.74, 6) is -1.06. The van der Waals surface area contributed by atoms with Gasteiger partial charge in [0, 0.05) is 18.0 Å². The van der Waals surface area contributed by atoms with Crippen LogP contribution in [0.2, 0.25) is 0 Å². The highest BCUT2D eigenvalue weighted by molar-refractivity contribution is 8.00. The molecule has 0 spiro atoms. The van der Waals surface area contributed by atoms with E-state index in [1.807, 2.05) is 0 Å². The maximum Gasteiger partial charge on any atom is 0.338 e. The van der Waals surface area contributed by atoms with E-state index >= 15 is 0 Å². The number of nitrogens with zero attached hydrogens (tertiary/aromatic N) is 1. The van der Waals surface area contributed by atoms with Gasteiger partial charge in [0.15, 0.2) is 6.10 Å². The van der Waals surface area contributed by atoms with Gasteiger partial charge in [0.05, 0.1) is 17.0 Å². The van der Waals surface area contributed by atoms with Crippen LogP contribution >= 0.6 is 11.8 Å². The minimum atomic E-state index is -1.08. The summed E-state index contributed by atoms with van der Waals surface area (Å²) in [4.78, 5) is 49.1. The topological polar surface area (TPSA) is 105 Å². The molecule has 2 aliphatic rings. The van der Waals surface area contributed by atoms with E-state index in [-0.39, 0.29) is 18.0 Å². The van der Waals surface area contributed by atoms with Gasteiger partial charge in [-0.25, -0.2) is 9.59 Å². The fourth-order valence-corrected chi connectivity index (χ4v) is 3.18. The van der Waals surface area contributed by atoms with Crippen LogP contribution in [0.15, 0.2) is 23.1 Å². The lowest BCUT2D eigenvalue weighted by Crippen LogP contribution is -2.41. The van der Waals surface area contributed by atoms with Crippen molar-refractivity contribution in [2.75, 3.05) is 24.2 Å². The molecule has 1 fully saturated rings. The number of nitrogens with one attached hydrogen (secondary N) is 2. The Morgan fingerprint density at radius 1 is 1.33 bits per heavy atom. The summed E-state index contributed by atoms with van der Waals surface area (Å²) < 4.78 is 5.15. The number of urea groups is 1. The van der Waals surface area contributed by atoms with Crippen LogP contribution in [0.4, 0.5) is 10.5 Å². The Bertz CT molecular complexity index is 736. The number of benzene rings is 1. The number of carbonyl (C=O) groups excluding carboxylic acids is 4. The molecule has 0 aliphatic carbocycles. The highest BCUT2D eigenvalue weighted by atomic mass is 32.2. The number of fused-ring (bicyclic) bond motifs is 1. The smallest absolute Gasteiger partial charge is 0.338 e. The first kappa shape index (κ1) is 16.3. The van der Waals surface area contributed by atoms with Crippen LogP contribution in [0.25, 0.3) is 0 Å². The van der Waals surface area contributed by atoms with E-state index in [9.17, 15) is 19.2 Å². The lowest BCUT2D eigenvalue weighted by atomic mass is 10.2. The second-order valence-corrected chi connectivity index (χ2v) is 6.33. The second-order valence-electron chi connectivity index (χ2n) is 5.32. The molecule has 3 rings (SSSR count). The highest BCUT2D eigenvalue weighted by Gasteiger charge is 2.32. The molecule has 2 heterocycles. The van der Waals surface area contributed by atoms with E-state index in [2.05, 4.69) is 10.6 Å². The van der Waals surface area contributed by atoms with Crippen LogP contribution in [0.1, 0.15) is 17.3 Å². The van der Waals surface area contributed by atoms with Gasteiger partial charge >= 0.3 is 12.0 Å². The second kappa shape index (κ2) is 6.52. The largest absolute Gasteiger partial charge is 0.449 e. The number of hydrogen-bond donors (Lipinski definition) is 2. The van der Waals surface area contributed by atoms with Crippen molar-refractivity contribution in [2.45, 2.75) is 17.9 Å². The molecule has 2 aliphatic heterocycles. The summed E-state index contributed by atoms with van der Waals surface area (Å²) in [5, 5.41) is 5.20. The third-order valence-corrected chi connectivity index (χ3v) is 4.68. The van der Waals surface area contributed by atoms with Crippen molar-refractivity contribution < 1.29 is 23.9 Å². The quantitative estimate of drug-likeness (QED) is 0.783. The molecule has 2 N–H and O–H groups in total. The number of carbonyl (C=O) groups is 4. The maximum atomic E-state index is 12.2. The minimum absolute atomic E-state index is 0.137. The molecule has 8 nitrogen and oxygen atoms in total. The molecule has 1 aromatic carbocycles. The van der Waals surface area contributed by atoms with E-state index in [0.29, 0.717) is 18.0 Å². The number of amides is 4. The van der Waals surface area contributed by atoms with Gasteiger partial charge in [0.1, 0.15) is 0 Å². The summed E-state index contributed by atoms with van der Waals surface area (Å²) in [7, 11) is 0. The normalized spacial score (nSPS) is 17.6. The molecule has 1 saturated heterocycles. The molecule has 0 radical (unpaired) electrons. The number of esters is 1. The summed E-state index contributed by atoms with van der Waals surface area (Å²) in [6.45, 7) is 2.05. The predicted octanol–water partition coefficient (Wildman–Crippen LogP) is 0.828. The van der Waals surface area contributed by atoms with Gasteiger partial charge in [-0.3, -0.25) is 14.5 Å². The number of anilines is 1. The fraction of sp³-hybridized carbons (Fsp3) is 0.333. The lowest BCUT2D eigenvalue weighted by molar-refractivity contribution is -0.136. The molecule has 1 atom stereocenters. The molecule has 126 valence electrons. The summed E-state index contributed by atoms with van der Waals surface area (Å²) in [5.41, 5.74) is 0.769. The fourth-order valence-electron chi connectivity index (χ4n) is 2.39. The molecule has 9 heteroatoms. The molecule has 0 bridgehead atoms. The number of imide groups is 1. The van der Waals surface area contributed by atoms with Crippen LogP contribution in [0.3, 0.4) is 0 Å². The molecule has 1 unspecified atom stereocenters. The zero-order chi connectivity index (χ0) is 17.3. The number of hydrogen-bond acceptors (Lipinski definition) is 6. The molecule has 0 aromatic heterocycles. The first-order valence-corrected chi connectivity index (χ1v) is 8.31. The number of rotatable bonds is 3. The standard InChI is InChI=1S/C15H15N3O5S/c1-8(13(20)18-5-4-16-15(18)22)23-14(21)9-2-3-11-10(6-9)17-12(19)7-24-11/h2-3,6,8H,4-5,7H2,1H3,(H,16,22)(H,17,19). The van der Waals surface area contributed by atoms with Crippen LogP contribution in [0.5, 0.6) is 0 Å². The van der Waals surface area contributed by atoms with Crippen molar-refractivity contribution in [1.82, 2.24) is 10.2 Å². The number of ether oxygens (including phenoxy) is 1. The molecule has 24 heavy (non-hydrogen) atoms. The molecular weight excluding hydrogens is 334 g/mol. The van der Waals surface area contributed by atoms with Crippen molar-refractivity contribution in [3.05, 3.63) is 23.8 Å². The molecule has 1 aromatic rings. The highest BCUT2D eigenvalue weighted by Crippen LogP contribution is 2.32. The lowest BCUT2D eigenvalue weighted by Gasteiger charge is -2.19. The molecule has 0 saturated carbocycles. The first-order valence-electron chi connectivity index (χ1n) is 7.32. The summed E-state index contributed by atoms with van der Waals surface area (Å²) >= 11 is 1.38. The van der Waals surface area contributed by atoms with Gasteiger partial charge < -0.3 is 15.4 Å². The third-order valence-electron chi connectivity index (χ3n) is 3.60. The van der Waals surface area contributed by atoms with Crippen LogP contribution in [-0.4, -0.2) is 53.7 Å². The van der Waals surface area contributed by atoms with Crippen molar-refractivity contribution in [2.24, 2.45) is 0 Å². The van der Waals surface area contributed by atoms with Crippen LogP contribution in [0, 0.1) is 0 Å². The average Bonchev–Trinajstić information content (AvgIpc) is 2.99. The zero-order valence-corrected chi connectivity index (χ0v) is 13.6. The monoisotopic (exact) mass is 349 g/mol. The van der Waals surface area contributed by atoms with E-state index in [1.165, 1.54) is 24.8 Å². The van der Waals surface area contributed by atoms with Gasteiger partial charge in [-0.1, -0.05) is 0 Å². The molecular formula is C15H15N3O5S. The van der Waals surface area contributed by atoms with Gasteiger partial charge in [-0.05, 0) is 25.1 Å². The van der Waals surface area contributed by atoms with Crippen molar-refractivity contribution in [1.29, 1.82) is 0 Å². The Hall–Kier alpha value is -2.55. The SMILES string of the molecule is CC(OC(=O)c1ccc2c(c1)NC(=O)CS2)C(=O)N1CCNC1=O. The van der Waals surface area contributed by atoms with Crippen molar-refractivity contribution >= 4 is 41.3 Å². The predicted molar refractivity (Wildman–Crippen MR) is 85.8 cm³/mol. The zero-order valence-electron chi connectivity index (χ0n) is 12.8. The maximum absolute atomic E-state index is 12.2. The third kappa shape index (κ3) is 3.21. The Morgan fingerprint density at radius 2 is 2.12 bits per heavy atom. The Labute approximate surface area is 141 Å². The van der Waals surface area contributed by atoms with E-state index < -0.39 is 24.0 Å². The Morgan fingerprint density at radius 3 is 2.83 bits per heavy atom. The van der Waals surface area contributed by atoms with E-state index in [1.54, 1.807) is 12.1 Å². The summed E-state index contributed by atoms with van der Waals surface area (Å²) in [6.07, 6.45) is -1.08. The Balaban J connectivity index is 1.68. The van der Waals surface area contributed by atoms with Crippen LogP contribution in [-0.2, 0) is 14.3 Å². The summed E-state index contributed by atoms with van der Waals surface area (Å²) in [6, 6.07) is 4.32. The van der Waals surface area contributed by atoms with E-state index in [4.69, 9.17) is 4.74 Å². The first-order chi connectivity index (χ1) is 11.5. The molecule has 4 amide bonds. The van der Waals surface area contributed by atoms with Gasteiger partial charge in [-0.15, -0.1) is 11.8 Å². The average molecular weight is 349 g/mol. The van der Waals surface area contributed by atoms with Gasteiger partial charge in [0.2, 0.25) is 5.91 Å². The number of thioether (sulfide) groups is 1. The Kier molecular flexibility index (Phi) is 4.43. The minimum Gasteiger partial charge on any atom is -0.449 e. The van der Waals surface area contributed by atoms with Gasteiger partial charge in [0.25, 0.3) is 5.91 Å². The van der Waals surface area contributed by atoms with Gasteiger partial charge in [-0.2, -0.15) is 0 Å². The van der Waals surface area contributed by atoms with Crippen molar-refractivity contribution in [3.8, 4) is 0 Å². The van der Waals surface area contributed by atoms with Crippen LogP contribution < -0.4 is 10.6 Å².